The molecule has 0 amide bonds. The molecule has 3 aliphatic rings. The summed E-state index contributed by atoms with van der Waals surface area (Å²) < 4.78 is 14.8. The van der Waals surface area contributed by atoms with Crippen molar-refractivity contribution >= 4 is 24.1 Å². The van der Waals surface area contributed by atoms with Crippen LogP contribution in [0.2, 0.25) is 0 Å². The second-order valence-electron chi connectivity index (χ2n) is 16.9. The molecule has 0 N–H and O–H groups in total. The van der Waals surface area contributed by atoms with E-state index in [0.29, 0.717) is 6.42 Å². The molecule has 308 valence electrons. The normalized spacial score (nSPS) is 16.8. The monoisotopic (exact) mass is 864 g/mol. The van der Waals surface area contributed by atoms with Crippen molar-refractivity contribution < 1.29 is 33.6 Å². The van der Waals surface area contributed by atoms with Crippen LogP contribution in [0, 0.1) is 0 Å². The summed E-state index contributed by atoms with van der Waals surface area (Å²) in [4.78, 5) is 33.6. The molecule has 5 heteroatoms. The molecule has 0 bridgehead atoms. The molecule has 1 aliphatic heterocycles. The zero-order chi connectivity index (χ0) is 43.1. The quantitative estimate of drug-likeness (QED) is 0.102. The van der Waals surface area contributed by atoms with Gasteiger partial charge in [-0.3, -0.25) is 0 Å². The van der Waals surface area contributed by atoms with Crippen molar-refractivity contribution in [3.8, 4) is 0 Å². The third kappa shape index (κ3) is 6.16. The van der Waals surface area contributed by atoms with Crippen molar-refractivity contribution in [2.24, 2.45) is 0 Å². The van der Waals surface area contributed by atoms with E-state index < -0.39 is 48.6 Å². The molecule has 1 saturated heterocycles. The van der Waals surface area contributed by atoms with Gasteiger partial charge in [-0.2, -0.15) is 0 Å². The molecule has 11 rings (SSSR count). The predicted octanol–water partition coefficient (Wildman–Crippen LogP) is 12.8. The molecule has 64 heavy (non-hydrogen) atoms. The zero-order valence-corrected chi connectivity index (χ0v) is 36.7. The van der Waals surface area contributed by atoms with E-state index in [0.717, 1.165) is 66.8 Å². The van der Waals surface area contributed by atoms with Crippen LogP contribution in [0.25, 0.3) is 12.2 Å². The molecule has 0 saturated carbocycles. The van der Waals surface area contributed by atoms with Crippen LogP contribution in [0.3, 0.4) is 0 Å². The van der Waals surface area contributed by atoms with E-state index in [9.17, 15) is 0 Å². The Morgan fingerprint density at radius 2 is 0.609 bits per heavy atom. The molecular formula is C59H44O4Ti. The molecule has 1 fully saturated rings. The summed E-state index contributed by atoms with van der Waals surface area (Å²) in [5.41, 5.74) is 8.04. The van der Waals surface area contributed by atoms with Gasteiger partial charge in [-0.15, -0.1) is 0 Å². The standard InChI is InChI=1S/2C20H16O2.C19H14.Ti/c2*21-19(22)20(16-10-4-1-5-11-16,17-12-6-2-7-13-17)18-14-8-3-9-15-18;1-2-6-17-11-14(10-16(17)5-1)9-15-12-18-7-3-4-8-19(18)13-15;/h2*1-15H,(H,21,22);1-8,10-13H,9H2;/q;;;+2/p-2. The first-order valence-corrected chi connectivity index (χ1v) is 25.0. The van der Waals surface area contributed by atoms with E-state index in [1.807, 2.05) is 206 Å². The summed E-state index contributed by atoms with van der Waals surface area (Å²) in [6, 6.07) is 76.2. The number of fused-ring (bicyclic) bond motifs is 6. The Labute approximate surface area is 378 Å². The molecule has 0 aromatic heterocycles. The maximum absolute atomic E-state index is 16.8. The molecule has 8 aromatic rings. The summed E-state index contributed by atoms with van der Waals surface area (Å²) in [5.74, 6) is -0.939. The van der Waals surface area contributed by atoms with Crippen molar-refractivity contribution in [1.29, 1.82) is 0 Å². The van der Waals surface area contributed by atoms with Crippen LogP contribution >= 0.6 is 0 Å². The van der Waals surface area contributed by atoms with Gasteiger partial charge in [0, 0.05) is 0 Å². The van der Waals surface area contributed by atoms with E-state index in [2.05, 4.69) is 36.4 Å². The molecule has 2 atom stereocenters. The first-order valence-electron chi connectivity index (χ1n) is 21.9. The Morgan fingerprint density at radius 3 is 0.891 bits per heavy atom. The fourth-order valence-electron chi connectivity index (χ4n) is 11.0. The molecule has 8 aromatic carbocycles. The molecular weight excluding hydrogens is 821 g/mol. The van der Waals surface area contributed by atoms with Gasteiger partial charge in [0.15, 0.2) is 0 Å². The average molecular weight is 865 g/mol. The molecule has 0 radical (unpaired) electrons. The van der Waals surface area contributed by atoms with Crippen LogP contribution in [-0.2, 0) is 44.4 Å². The number of carbonyl (C=O) groups excluding carboxylic acids is 2. The van der Waals surface area contributed by atoms with Crippen LogP contribution in [-0.4, -0.2) is 11.9 Å². The third-order valence-electron chi connectivity index (χ3n) is 13.6. The zero-order valence-electron chi connectivity index (χ0n) is 35.1. The summed E-state index contributed by atoms with van der Waals surface area (Å²) in [7, 11) is 0. The predicted molar refractivity (Wildman–Crippen MR) is 250 cm³/mol. The number of rotatable bonds is 10. The van der Waals surface area contributed by atoms with Crippen molar-refractivity contribution in [2.75, 3.05) is 0 Å². The second-order valence-corrected chi connectivity index (χ2v) is 21.6. The Hall–Kier alpha value is -7.11. The molecule has 0 spiro atoms. The van der Waals surface area contributed by atoms with E-state index in [1.54, 1.807) is 0 Å². The number of allylic oxidation sites excluding steroid dienone is 2. The molecule has 1 heterocycles. The second kappa shape index (κ2) is 16.2. The SMILES string of the molecule is O=C([O][Ti]1([O]C(=O)C(c2ccccc2)(c2ccccc2)c2ccccc2)[CH]2C(=Cc3ccccc32)CC2=Cc3ccccc3[CH]21)C(c1ccccc1)(c1ccccc1)c1ccccc1. The minimum absolute atomic E-state index is 0.461. The molecule has 4 nitrogen and oxygen atoms in total. The molecule has 2 unspecified atom stereocenters. The van der Waals surface area contributed by atoms with Crippen LogP contribution < -0.4 is 0 Å². The van der Waals surface area contributed by atoms with Gasteiger partial charge in [-0.1, -0.05) is 0 Å². The minimum atomic E-state index is -5.30. The first kappa shape index (κ1) is 39.7. The number of hydrogen-bond acceptors (Lipinski definition) is 4. The average Bonchev–Trinajstić information content (AvgIpc) is 3.93. The van der Waals surface area contributed by atoms with Gasteiger partial charge in [0.05, 0.1) is 0 Å². The van der Waals surface area contributed by atoms with Crippen molar-refractivity contribution in [3.63, 3.8) is 0 Å². The van der Waals surface area contributed by atoms with Crippen molar-refractivity contribution in [3.05, 3.63) is 297 Å². The van der Waals surface area contributed by atoms with Gasteiger partial charge in [-0.25, -0.2) is 0 Å². The summed E-state index contributed by atoms with van der Waals surface area (Å²) >= 11 is -5.30. The fraction of sp³-hybridized carbons (Fsp3) is 0.0847. The molecule has 2 aliphatic carbocycles. The van der Waals surface area contributed by atoms with E-state index in [1.165, 1.54) is 0 Å². The van der Waals surface area contributed by atoms with Crippen LogP contribution in [0.4, 0.5) is 0 Å². The van der Waals surface area contributed by atoms with Crippen molar-refractivity contribution in [2.45, 2.75) is 25.7 Å². The van der Waals surface area contributed by atoms with Gasteiger partial charge < -0.3 is 0 Å². The van der Waals surface area contributed by atoms with Gasteiger partial charge in [0.1, 0.15) is 0 Å². The van der Waals surface area contributed by atoms with Gasteiger partial charge in [0.2, 0.25) is 0 Å². The van der Waals surface area contributed by atoms with Crippen LogP contribution in [0.15, 0.2) is 242 Å². The topological polar surface area (TPSA) is 52.6 Å². The Balaban J connectivity index is 1.22. The van der Waals surface area contributed by atoms with Gasteiger partial charge in [-0.05, 0) is 0 Å². The Bertz CT molecular complexity index is 2650. The van der Waals surface area contributed by atoms with Crippen LogP contribution in [0.1, 0.15) is 70.5 Å². The van der Waals surface area contributed by atoms with Gasteiger partial charge >= 0.3 is 381 Å². The van der Waals surface area contributed by atoms with E-state index >= 15 is 9.59 Å². The number of hydrogen-bond donors (Lipinski definition) is 0. The fourth-order valence-corrected chi connectivity index (χ4v) is 18.0. The summed E-state index contributed by atoms with van der Waals surface area (Å²) in [6.45, 7) is 0. The van der Waals surface area contributed by atoms with E-state index in [4.69, 9.17) is 6.64 Å². The maximum atomic E-state index is 16.8. The van der Waals surface area contributed by atoms with E-state index in [-0.39, 0.29) is 0 Å². The van der Waals surface area contributed by atoms with Gasteiger partial charge in [0.25, 0.3) is 0 Å². The Morgan fingerprint density at radius 1 is 0.359 bits per heavy atom. The number of benzene rings is 8. The number of carbonyl (C=O) groups is 2. The third-order valence-corrected chi connectivity index (χ3v) is 19.8. The summed E-state index contributed by atoms with van der Waals surface area (Å²) in [6.07, 6.45) is 5.17. The van der Waals surface area contributed by atoms with Crippen molar-refractivity contribution in [1.82, 2.24) is 0 Å². The van der Waals surface area contributed by atoms with Crippen LogP contribution in [0.5, 0.6) is 0 Å². The Kier molecular flexibility index (Phi) is 10.1. The first-order chi connectivity index (χ1) is 31.5. The summed E-state index contributed by atoms with van der Waals surface area (Å²) in [5, 5.41) is 0.